The van der Waals surface area contributed by atoms with Gasteiger partial charge in [-0.3, -0.25) is 4.90 Å². The van der Waals surface area contributed by atoms with Gasteiger partial charge in [-0.25, -0.2) is 0 Å². The smallest absolute Gasteiger partial charge is 0.399 e. The molecule has 1 aliphatic heterocycles. The van der Waals surface area contributed by atoms with Gasteiger partial charge in [0.25, 0.3) is 0 Å². The van der Waals surface area contributed by atoms with Gasteiger partial charge in [0.05, 0.1) is 5.56 Å². The van der Waals surface area contributed by atoms with Crippen molar-refractivity contribution in [3.05, 3.63) is 64.7 Å². The largest absolute Gasteiger partial charge is 0.416 e. The number of alkyl halides is 3. The number of hydrogen-bond acceptors (Lipinski definition) is 2. The van der Waals surface area contributed by atoms with Crippen molar-refractivity contribution in [2.24, 2.45) is 0 Å². The average Bonchev–Trinajstić information content (AvgIpc) is 2.79. The minimum atomic E-state index is -4.31. The van der Waals surface area contributed by atoms with Crippen molar-refractivity contribution in [3.63, 3.8) is 0 Å². The molecule has 5 heteroatoms. The molecule has 0 unspecified atom stereocenters. The van der Waals surface area contributed by atoms with E-state index in [0.29, 0.717) is 24.3 Å². The second kappa shape index (κ2) is 5.07. The number of anilines is 1. The first-order chi connectivity index (χ1) is 9.93. The van der Waals surface area contributed by atoms with E-state index in [2.05, 4.69) is 0 Å². The fraction of sp³-hybridized carbons (Fsp3) is 0.250. The van der Waals surface area contributed by atoms with Gasteiger partial charge in [-0.2, -0.15) is 13.2 Å². The van der Waals surface area contributed by atoms with Crippen molar-refractivity contribution in [2.45, 2.75) is 25.8 Å². The average molecular weight is 292 g/mol. The predicted octanol–water partition coefficient (Wildman–Crippen LogP) is 3.80. The zero-order chi connectivity index (χ0) is 15.0. The molecule has 0 saturated carbocycles. The van der Waals surface area contributed by atoms with E-state index in [1.54, 1.807) is 12.1 Å². The summed E-state index contributed by atoms with van der Waals surface area (Å²) < 4.78 is 39.0. The van der Waals surface area contributed by atoms with Crippen molar-refractivity contribution in [2.75, 3.05) is 5.73 Å². The molecular weight excluding hydrogens is 277 g/mol. The molecule has 3 rings (SSSR count). The molecule has 21 heavy (non-hydrogen) atoms. The lowest BCUT2D eigenvalue weighted by molar-refractivity contribution is -0.138. The van der Waals surface area contributed by atoms with E-state index in [1.807, 2.05) is 23.1 Å². The zero-order valence-electron chi connectivity index (χ0n) is 11.3. The van der Waals surface area contributed by atoms with Gasteiger partial charge in [0.1, 0.15) is 0 Å². The van der Waals surface area contributed by atoms with E-state index >= 15 is 0 Å². The molecule has 110 valence electrons. The molecule has 0 saturated heterocycles. The van der Waals surface area contributed by atoms with Crippen LogP contribution in [0.2, 0.25) is 0 Å². The highest BCUT2D eigenvalue weighted by molar-refractivity contribution is 5.46. The van der Waals surface area contributed by atoms with Crippen molar-refractivity contribution in [3.8, 4) is 0 Å². The molecule has 0 aliphatic carbocycles. The molecule has 0 fully saturated rings. The Morgan fingerprint density at radius 2 is 1.71 bits per heavy atom. The molecule has 1 aliphatic rings. The SMILES string of the molecule is Nc1ccc2c(c1)CN(Cc1ccccc1C(F)(F)F)C2. The maximum atomic E-state index is 13.0. The first-order valence-corrected chi connectivity index (χ1v) is 6.68. The molecule has 0 atom stereocenters. The highest BCUT2D eigenvalue weighted by Crippen LogP contribution is 2.34. The highest BCUT2D eigenvalue weighted by atomic mass is 19.4. The number of fused-ring (bicyclic) bond motifs is 1. The Morgan fingerprint density at radius 3 is 2.48 bits per heavy atom. The van der Waals surface area contributed by atoms with Gasteiger partial charge in [0.2, 0.25) is 0 Å². The Labute approximate surface area is 121 Å². The summed E-state index contributed by atoms with van der Waals surface area (Å²) in [6.07, 6.45) is -4.31. The van der Waals surface area contributed by atoms with E-state index in [9.17, 15) is 13.2 Å². The van der Waals surface area contributed by atoms with Crippen LogP contribution in [0, 0.1) is 0 Å². The molecule has 2 aromatic carbocycles. The zero-order valence-corrected chi connectivity index (χ0v) is 11.3. The molecule has 2 N–H and O–H groups in total. The van der Waals surface area contributed by atoms with E-state index in [1.165, 1.54) is 6.07 Å². The van der Waals surface area contributed by atoms with Crippen LogP contribution < -0.4 is 5.73 Å². The van der Waals surface area contributed by atoms with Crippen LogP contribution >= 0.6 is 0 Å². The van der Waals surface area contributed by atoms with Crippen LogP contribution in [0.3, 0.4) is 0 Å². The Kier molecular flexibility index (Phi) is 3.37. The molecule has 0 radical (unpaired) electrons. The molecule has 0 spiro atoms. The molecule has 2 nitrogen and oxygen atoms in total. The van der Waals surface area contributed by atoms with E-state index in [-0.39, 0.29) is 6.54 Å². The monoisotopic (exact) mass is 292 g/mol. The number of nitrogens with two attached hydrogens (primary N) is 1. The number of nitrogens with zero attached hydrogens (tertiary/aromatic N) is 1. The van der Waals surface area contributed by atoms with Gasteiger partial charge in [-0.15, -0.1) is 0 Å². The summed E-state index contributed by atoms with van der Waals surface area (Å²) in [6, 6.07) is 11.4. The van der Waals surface area contributed by atoms with Crippen LogP contribution in [0.4, 0.5) is 18.9 Å². The van der Waals surface area contributed by atoms with Crippen LogP contribution in [0.5, 0.6) is 0 Å². The fourth-order valence-corrected chi connectivity index (χ4v) is 2.77. The third-order valence-corrected chi connectivity index (χ3v) is 3.73. The number of rotatable bonds is 2. The number of halogens is 3. The Bertz CT molecular complexity index is 665. The van der Waals surface area contributed by atoms with Crippen LogP contribution in [-0.4, -0.2) is 4.90 Å². The second-order valence-electron chi connectivity index (χ2n) is 5.33. The number of nitrogen functional groups attached to an aromatic ring is 1. The minimum Gasteiger partial charge on any atom is -0.399 e. The van der Waals surface area contributed by atoms with Crippen LogP contribution in [0.25, 0.3) is 0 Å². The van der Waals surface area contributed by atoms with Gasteiger partial charge in [0, 0.05) is 25.3 Å². The topological polar surface area (TPSA) is 29.3 Å². The van der Waals surface area contributed by atoms with Crippen molar-refractivity contribution >= 4 is 5.69 Å². The van der Waals surface area contributed by atoms with Crippen LogP contribution in [-0.2, 0) is 25.8 Å². The number of benzene rings is 2. The molecule has 0 bridgehead atoms. The Balaban J connectivity index is 1.81. The minimum absolute atomic E-state index is 0.282. The lowest BCUT2D eigenvalue weighted by Crippen LogP contribution is -2.19. The molecule has 0 aromatic heterocycles. The summed E-state index contributed by atoms with van der Waals surface area (Å²) in [7, 11) is 0. The third kappa shape index (κ3) is 2.88. The maximum Gasteiger partial charge on any atom is 0.416 e. The summed E-state index contributed by atoms with van der Waals surface area (Å²) in [5, 5.41) is 0. The molecule has 2 aromatic rings. The van der Waals surface area contributed by atoms with Crippen molar-refractivity contribution in [1.82, 2.24) is 4.90 Å². The van der Waals surface area contributed by atoms with E-state index < -0.39 is 11.7 Å². The Hall–Kier alpha value is -2.01. The predicted molar refractivity (Wildman–Crippen MR) is 75.2 cm³/mol. The quantitative estimate of drug-likeness (QED) is 0.853. The van der Waals surface area contributed by atoms with Gasteiger partial charge < -0.3 is 5.73 Å². The molecule has 0 amide bonds. The first-order valence-electron chi connectivity index (χ1n) is 6.68. The highest BCUT2D eigenvalue weighted by Gasteiger charge is 2.33. The van der Waals surface area contributed by atoms with Crippen molar-refractivity contribution in [1.29, 1.82) is 0 Å². The lowest BCUT2D eigenvalue weighted by Gasteiger charge is -2.18. The standard InChI is InChI=1S/C16H15F3N2/c17-16(18,19)15-4-2-1-3-12(15)9-21-8-11-5-6-14(20)7-13(11)10-21/h1-7H,8-10,20H2. The fourth-order valence-electron chi connectivity index (χ4n) is 2.77. The second-order valence-corrected chi connectivity index (χ2v) is 5.33. The van der Waals surface area contributed by atoms with Gasteiger partial charge in [0.15, 0.2) is 0 Å². The Morgan fingerprint density at radius 1 is 1.00 bits per heavy atom. The van der Waals surface area contributed by atoms with Crippen molar-refractivity contribution < 1.29 is 13.2 Å². The van der Waals surface area contributed by atoms with Crippen LogP contribution in [0.1, 0.15) is 22.3 Å². The van der Waals surface area contributed by atoms with Gasteiger partial charge >= 0.3 is 6.18 Å². The first kappa shape index (κ1) is 13.9. The van der Waals surface area contributed by atoms with Gasteiger partial charge in [-0.05, 0) is 34.9 Å². The summed E-state index contributed by atoms with van der Waals surface area (Å²) in [5.41, 5.74) is 8.41. The normalized spacial score (nSPS) is 15.2. The third-order valence-electron chi connectivity index (χ3n) is 3.73. The summed E-state index contributed by atoms with van der Waals surface area (Å²) >= 11 is 0. The summed E-state index contributed by atoms with van der Waals surface area (Å²) in [6.45, 7) is 1.57. The van der Waals surface area contributed by atoms with Crippen LogP contribution in [0.15, 0.2) is 42.5 Å². The summed E-state index contributed by atoms with van der Waals surface area (Å²) in [4.78, 5) is 1.99. The van der Waals surface area contributed by atoms with E-state index in [4.69, 9.17) is 5.73 Å². The maximum absolute atomic E-state index is 13.0. The molecule has 1 heterocycles. The number of hydrogen-bond donors (Lipinski definition) is 1. The van der Waals surface area contributed by atoms with E-state index in [0.717, 1.165) is 17.2 Å². The summed E-state index contributed by atoms with van der Waals surface area (Å²) in [5.74, 6) is 0. The molecular formula is C16H15F3N2. The lowest BCUT2D eigenvalue weighted by atomic mass is 10.1. The van der Waals surface area contributed by atoms with Gasteiger partial charge in [-0.1, -0.05) is 24.3 Å².